The van der Waals surface area contributed by atoms with E-state index in [9.17, 15) is 18.0 Å². The number of rotatable bonds is 5. The lowest BCUT2D eigenvalue weighted by Gasteiger charge is -2.12. The second-order valence-electron chi connectivity index (χ2n) is 4.97. The van der Waals surface area contributed by atoms with Gasteiger partial charge in [-0.05, 0) is 37.0 Å². The summed E-state index contributed by atoms with van der Waals surface area (Å²) in [4.78, 5) is 11.5. The van der Waals surface area contributed by atoms with E-state index in [0.717, 1.165) is 25.0 Å². The number of carbonyl (C=O) groups excluding carboxylic acids is 1. The van der Waals surface area contributed by atoms with Crippen LogP contribution in [0.1, 0.15) is 24.0 Å². The third-order valence-electron chi connectivity index (χ3n) is 3.18. The summed E-state index contributed by atoms with van der Waals surface area (Å²) in [5.74, 6) is 0.278. The van der Waals surface area contributed by atoms with Gasteiger partial charge in [0, 0.05) is 12.2 Å². The maximum absolute atomic E-state index is 12.8. The van der Waals surface area contributed by atoms with Crippen molar-refractivity contribution in [1.82, 2.24) is 5.32 Å². The van der Waals surface area contributed by atoms with Gasteiger partial charge < -0.3 is 10.6 Å². The van der Waals surface area contributed by atoms with Crippen LogP contribution in [0.15, 0.2) is 18.2 Å². The van der Waals surface area contributed by atoms with E-state index in [-0.39, 0.29) is 18.1 Å². The fraction of sp³-hybridized carbons (Fsp3) is 0.429. The van der Waals surface area contributed by atoms with E-state index in [1.807, 2.05) is 0 Å². The Morgan fingerprint density at radius 3 is 2.67 bits per heavy atom. The average molecular weight is 297 g/mol. The Morgan fingerprint density at radius 2 is 2.10 bits per heavy atom. The molecule has 7 heteroatoms. The molecule has 4 nitrogen and oxygen atoms in total. The molecule has 2 rings (SSSR count). The number of hydrogen-bond acceptors (Lipinski definition) is 3. The summed E-state index contributed by atoms with van der Waals surface area (Å²) < 4.78 is 38.3. The maximum Gasteiger partial charge on any atom is 0.417 e. The van der Waals surface area contributed by atoms with Crippen LogP contribution in [-0.2, 0) is 11.0 Å². The molecule has 112 valence electrons. The van der Waals surface area contributed by atoms with Crippen LogP contribution in [0.5, 0.6) is 0 Å². The Morgan fingerprint density at radius 1 is 1.38 bits per heavy atom. The molecule has 1 aromatic carbocycles. The highest BCUT2D eigenvalue weighted by Crippen LogP contribution is 2.33. The first-order chi connectivity index (χ1) is 9.90. The Bertz CT molecular complexity index is 574. The summed E-state index contributed by atoms with van der Waals surface area (Å²) in [7, 11) is 0. The van der Waals surface area contributed by atoms with E-state index >= 15 is 0 Å². The molecule has 2 N–H and O–H groups in total. The molecule has 1 aromatic rings. The molecule has 0 saturated heterocycles. The molecule has 0 spiro atoms. The third kappa shape index (κ3) is 4.38. The van der Waals surface area contributed by atoms with E-state index in [0.29, 0.717) is 12.5 Å². The van der Waals surface area contributed by atoms with Crippen molar-refractivity contribution in [2.24, 2.45) is 5.92 Å². The zero-order valence-electron chi connectivity index (χ0n) is 11.1. The molecule has 21 heavy (non-hydrogen) atoms. The van der Waals surface area contributed by atoms with Crippen molar-refractivity contribution in [2.45, 2.75) is 19.0 Å². The van der Waals surface area contributed by atoms with Crippen LogP contribution in [0.25, 0.3) is 0 Å². The minimum absolute atomic E-state index is 0.101. The number of alkyl halides is 3. The fourth-order valence-corrected chi connectivity index (χ4v) is 1.81. The summed E-state index contributed by atoms with van der Waals surface area (Å²) in [5, 5.41) is 14.0. The van der Waals surface area contributed by atoms with Crippen molar-refractivity contribution in [3.63, 3.8) is 0 Å². The SMILES string of the molecule is N#Cc1ccc(NCC(=O)NCC2CC2)cc1C(F)(F)F. The van der Waals surface area contributed by atoms with Crippen LogP contribution in [-0.4, -0.2) is 19.0 Å². The van der Waals surface area contributed by atoms with Crippen molar-refractivity contribution < 1.29 is 18.0 Å². The first-order valence-electron chi connectivity index (χ1n) is 6.52. The predicted octanol–water partition coefficient (Wildman–Crippen LogP) is 2.52. The van der Waals surface area contributed by atoms with Gasteiger partial charge in [0.05, 0.1) is 23.7 Å². The number of nitriles is 1. The standard InChI is InChI=1S/C14H14F3N3O/c15-14(16,17)12-5-11(4-3-10(12)6-18)19-8-13(21)20-7-9-1-2-9/h3-5,9,19H,1-2,7-8H2,(H,20,21). The van der Waals surface area contributed by atoms with Gasteiger partial charge in [-0.2, -0.15) is 18.4 Å². The van der Waals surface area contributed by atoms with Gasteiger partial charge in [0.25, 0.3) is 0 Å². The fourth-order valence-electron chi connectivity index (χ4n) is 1.81. The number of nitrogens with one attached hydrogen (secondary N) is 2. The molecule has 0 heterocycles. The highest BCUT2D eigenvalue weighted by molar-refractivity contribution is 5.80. The van der Waals surface area contributed by atoms with Crippen LogP contribution in [0.2, 0.25) is 0 Å². The zero-order valence-corrected chi connectivity index (χ0v) is 11.1. The highest BCUT2D eigenvalue weighted by atomic mass is 19.4. The lowest BCUT2D eigenvalue weighted by Crippen LogP contribution is -2.31. The predicted molar refractivity (Wildman–Crippen MR) is 70.4 cm³/mol. The second-order valence-corrected chi connectivity index (χ2v) is 4.97. The molecular weight excluding hydrogens is 283 g/mol. The van der Waals surface area contributed by atoms with Gasteiger partial charge in [-0.25, -0.2) is 0 Å². The third-order valence-corrected chi connectivity index (χ3v) is 3.18. The quantitative estimate of drug-likeness (QED) is 0.877. The normalized spacial score (nSPS) is 14.4. The Labute approximate surface area is 119 Å². The first-order valence-corrected chi connectivity index (χ1v) is 6.52. The van der Waals surface area contributed by atoms with Gasteiger partial charge in [0.2, 0.25) is 5.91 Å². The molecule has 0 aliphatic heterocycles. The Balaban J connectivity index is 1.96. The molecule has 0 unspecified atom stereocenters. The van der Waals surface area contributed by atoms with Crippen LogP contribution in [0.3, 0.4) is 0 Å². The minimum Gasteiger partial charge on any atom is -0.376 e. The van der Waals surface area contributed by atoms with E-state index in [4.69, 9.17) is 5.26 Å². The molecule has 1 aliphatic rings. The van der Waals surface area contributed by atoms with Gasteiger partial charge in [-0.3, -0.25) is 4.79 Å². The number of amides is 1. The summed E-state index contributed by atoms with van der Waals surface area (Å²) in [5.41, 5.74) is -1.29. The molecule has 1 amide bonds. The number of carbonyl (C=O) groups is 1. The lowest BCUT2D eigenvalue weighted by atomic mass is 10.1. The number of benzene rings is 1. The maximum atomic E-state index is 12.8. The lowest BCUT2D eigenvalue weighted by molar-refractivity contribution is -0.137. The molecular formula is C14H14F3N3O. The highest BCUT2D eigenvalue weighted by Gasteiger charge is 2.33. The average Bonchev–Trinajstić information content (AvgIpc) is 3.25. The first kappa shape index (κ1) is 15.2. The monoisotopic (exact) mass is 297 g/mol. The van der Waals surface area contributed by atoms with Crippen molar-refractivity contribution in [3.05, 3.63) is 29.3 Å². The van der Waals surface area contributed by atoms with E-state index < -0.39 is 17.3 Å². The Hall–Kier alpha value is -2.23. The van der Waals surface area contributed by atoms with E-state index in [2.05, 4.69) is 10.6 Å². The minimum atomic E-state index is -4.60. The molecule has 1 aliphatic carbocycles. The van der Waals surface area contributed by atoms with E-state index in [1.54, 1.807) is 0 Å². The van der Waals surface area contributed by atoms with Crippen molar-refractivity contribution in [2.75, 3.05) is 18.4 Å². The molecule has 0 aromatic heterocycles. The molecule has 0 radical (unpaired) electrons. The van der Waals surface area contributed by atoms with Crippen LogP contribution in [0.4, 0.5) is 18.9 Å². The van der Waals surface area contributed by atoms with Gasteiger partial charge in [0.1, 0.15) is 0 Å². The molecule has 1 fully saturated rings. The van der Waals surface area contributed by atoms with Gasteiger partial charge in [-0.15, -0.1) is 0 Å². The van der Waals surface area contributed by atoms with Crippen molar-refractivity contribution in [3.8, 4) is 6.07 Å². The molecule has 0 atom stereocenters. The van der Waals surface area contributed by atoms with Crippen LogP contribution >= 0.6 is 0 Å². The van der Waals surface area contributed by atoms with Gasteiger partial charge in [0.15, 0.2) is 0 Å². The Kier molecular flexibility index (Phi) is 4.36. The molecule has 1 saturated carbocycles. The largest absolute Gasteiger partial charge is 0.417 e. The van der Waals surface area contributed by atoms with Crippen molar-refractivity contribution in [1.29, 1.82) is 5.26 Å². The summed E-state index contributed by atoms with van der Waals surface area (Å²) in [6.07, 6.45) is -2.38. The molecule has 0 bridgehead atoms. The second kappa shape index (κ2) is 6.04. The number of nitrogens with zero attached hydrogens (tertiary/aromatic N) is 1. The van der Waals surface area contributed by atoms with Crippen LogP contribution < -0.4 is 10.6 Å². The summed E-state index contributed by atoms with van der Waals surface area (Å²) in [6.45, 7) is 0.512. The van der Waals surface area contributed by atoms with Gasteiger partial charge >= 0.3 is 6.18 Å². The topological polar surface area (TPSA) is 64.9 Å². The van der Waals surface area contributed by atoms with Crippen molar-refractivity contribution >= 4 is 11.6 Å². The number of anilines is 1. The summed E-state index contributed by atoms with van der Waals surface area (Å²) >= 11 is 0. The number of halogens is 3. The van der Waals surface area contributed by atoms with E-state index in [1.165, 1.54) is 12.1 Å². The summed E-state index contributed by atoms with van der Waals surface area (Å²) in [6, 6.07) is 4.79. The van der Waals surface area contributed by atoms with Crippen LogP contribution in [0, 0.1) is 17.2 Å². The number of hydrogen-bond donors (Lipinski definition) is 2. The van der Waals surface area contributed by atoms with Gasteiger partial charge in [-0.1, -0.05) is 0 Å². The zero-order chi connectivity index (χ0) is 15.5. The smallest absolute Gasteiger partial charge is 0.376 e.